The maximum absolute atomic E-state index is 14.1. The van der Waals surface area contributed by atoms with E-state index in [1.807, 2.05) is 6.07 Å². The number of amides is 1. The SMILES string of the molecule is Cc1c(NC(=O)c2ccc3c(c2)NCC3)ccc(Cc2cnc3cnccn23)c1C(F)(F)F. The van der Waals surface area contributed by atoms with Gasteiger partial charge in [-0.3, -0.25) is 9.78 Å². The molecule has 33 heavy (non-hydrogen) atoms. The Balaban J connectivity index is 1.48. The molecule has 0 atom stereocenters. The van der Waals surface area contributed by atoms with Crippen LogP contribution >= 0.6 is 0 Å². The number of hydrogen-bond acceptors (Lipinski definition) is 4. The van der Waals surface area contributed by atoms with E-state index >= 15 is 0 Å². The summed E-state index contributed by atoms with van der Waals surface area (Å²) >= 11 is 0. The summed E-state index contributed by atoms with van der Waals surface area (Å²) in [6.45, 7) is 2.18. The lowest BCUT2D eigenvalue weighted by Crippen LogP contribution is -2.17. The van der Waals surface area contributed by atoms with E-state index in [1.165, 1.54) is 19.1 Å². The first kappa shape index (κ1) is 21.0. The van der Waals surface area contributed by atoms with Crippen molar-refractivity contribution in [3.63, 3.8) is 0 Å². The number of benzene rings is 2. The van der Waals surface area contributed by atoms with Gasteiger partial charge >= 0.3 is 6.18 Å². The molecule has 0 bridgehead atoms. The van der Waals surface area contributed by atoms with Crippen LogP contribution in [-0.4, -0.2) is 26.8 Å². The Bertz CT molecular complexity index is 1380. The van der Waals surface area contributed by atoms with Crippen molar-refractivity contribution in [3.8, 4) is 0 Å². The van der Waals surface area contributed by atoms with Crippen LogP contribution in [0, 0.1) is 6.92 Å². The van der Waals surface area contributed by atoms with E-state index in [1.54, 1.807) is 41.3 Å². The molecule has 4 aromatic rings. The first-order valence-electron chi connectivity index (χ1n) is 10.4. The van der Waals surface area contributed by atoms with Crippen LogP contribution in [0.1, 0.15) is 38.3 Å². The van der Waals surface area contributed by atoms with E-state index in [0.29, 0.717) is 16.9 Å². The average Bonchev–Trinajstić information content (AvgIpc) is 3.41. The lowest BCUT2D eigenvalue weighted by molar-refractivity contribution is -0.138. The molecule has 0 unspecified atom stereocenters. The summed E-state index contributed by atoms with van der Waals surface area (Å²) in [7, 11) is 0. The standard InChI is InChI=1S/C24H20F3N5O/c1-14-19(31-23(33)17-3-2-15-6-7-29-20(15)11-17)5-4-16(22(14)24(25,26)27)10-18-12-30-21-13-28-8-9-32(18)21/h2-5,8-9,11-13,29H,6-7,10H2,1H3,(H,31,33). The van der Waals surface area contributed by atoms with E-state index in [0.717, 1.165) is 24.2 Å². The highest BCUT2D eigenvalue weighted by molar-refractivity contribution is 6.05. The van der Waals surface area contributed by atoms with Crippen LogP contribution < -0.4 is 10.6 Å². The fourth-order valence-corrected chi connectivity index (χ4v) is 4.29. The molecule has 3 heterocycles. The molecule has 0 radical (unpaired) electrons. The van der Waals surface area contributed by atoms with Crippen LogP contribution in [0.15, 0.2) is 55.1 Å². The number of rotatable bonds is 4. The van der Waals surface area contributed by atoms with Crippen molar-refractivity contribution in [3.05, 3.63) is 88.6 Å². The highest BCUT2D eigenvalue weighted by atomic mass is 19.4. The van der Waals surface area contributed by atoms with E-state index in [4.69, 9.17) is 0 Å². The Kier molecular flexibility index (Phi) is 5.03. The summed E-state index contributed by atoms with van der Waals surface area (Å²) in [6.07, 6.45) is 2.65. The molecule has 168 valence electrons. The second-order valence-electron chi connectivity index (χ2n) is 8.00. The van der Waals surface area contributed by atoms with Crippen molar-refractivity contribution in [2.24, 2.45) is 0 Å². The molecule has 1 aliphatic heterocycles. The van der Waals surface area contributed by atoms with Crippen LogP contribution in [0.2, 0.25) is 0 Å². The summed E-state index contributed by atoms with van der Waals surface area (Å²) in [6, 6.07) is 8.22. The normalized spacial score (nSPS) is 13.1. The quantitative estimate of drug-likeness (QED) is 0.465. The van der Waals surface area contributed by atoms with E-state index < -0.39 is 17.6 Å². The zero-order valence-corrected chi connectivity index (χ0v) is 17.7. The highest BCUT2D eigenvalue weighted by Crippen LogP contribution is 2.38. The minimum Gasteiger partial charge on any atom is -0.384 e. The van der Waals surface area contributed by atoms with Crippen molar-refractivity contribution >= 4 is 22.9 Å². The molecule has 5 rings (SSSR count). The minimum absolute atomic E-state index is 0.0249. The van der Waals surface area contributed by atoms with Gasteiger partial charge in [0, 0.05) is 54.2 Å². The molecule has 0 saturated carbocycles. The number of nitrogens with zero attached hydrogens (tertiary/aromatic N) is 3. The molecular formula is C24H20F3N5O. The third-order valence-corrected chi connectivity index (χ3v) is 5.93. The van der Waals surface area contributed by atoms with Crippen molar-refractivity contribution in [2.75, 3.05) is 17.2 Å². The Morgan fingerprint density at radius 1 is 1.21 bits per heavy atom. The van der Waals surface area contributed by atoms with Crippen LogP contribution in [0.4, 0.5) is 24.5 Å². The number of aromatic nitrogens is 3. The number of hydrogen-bond donors (Lipinski definition) is 2. The zero-order valence-electron chi connectivity index (χ0n) is 17.7. The zero-order chi connectivity index (χ0) is 23.2. The number of carbonyl (C=O) groups excluding carboxylic acids is 1. The van der Waals surface area contributed by atoms with Gasteiger partial charge in [0.25, 0.3) is 5.91 Å². The molecule has 2 aromatic heterocycles. The maximum Gasteiger partial charge on any atom is 0.417 e. The van der Waals surface area contributed by atoms with Crippen molar-refractivity contribution in [2.45, 2.75) is 25.9 Å². The second-order valence-corrected chi connectivity index (χ2v) is 8.00. The van der Waals surface area contributed by atoms with E-state index in [-0.39, 0.29) is 23.2 Å². The maximum atomic E-state index is 14.1. The van der Waals surface area contributed by atoms with Gasteiger partial charge in [0.05, 0.1) is 11.8 Å². The molecule has 2 aromatic carbocycles. The number of imidazole rings is 1. The number of carbonyl (C=O) groups is 1. The Hall–Kier alpha value is -3.88. The fourth-order valence-electron chi connectivity index (χ4n) is 4.29. The summed E-state index contributed by atoms with van der Waals surface area (Å²) in [4.78, 5) is 21.0. The van der Waals surface area contributed by atoms with Crippen LogP contribution in [-0.2, 0) is 19.0 Å². The van der Waals surface area contributed by atoms with Gasteiger partial charge in [0.15, 0.2) is 5.65 Å². The van der Waals surface area contributed by atoms with Crippen molar-refractivity contribution in [1.29, 1.82) is 0 Å². The number of fused-ring (bicyclic) bond motifs is 2. The van der Waals surface area contributed by atoms with Gasteiger partial charge in [0.2, 0.25) is 0 Å². The summed E-state index contributed by atoms with van der Waals surface area (Å²) in [5.74, 6) is -0.454. The molecule has 0 spiro atoms. The molecule has 0 fully saturated rings. The van der Waals surface area contributed by atoms with Gasteiger partial charge in [-0.2, -0.15) is 13.2 Å². The largest absolute Gasteiger partial charge is 0.417 e. The molecule has 2 N–H and O–H groups in total. The van der Waals surface area contributed by atoms with Crippen LogP contribution in [0.25, 0.3) is 5.65 Å². The van der Waals surface area contributed by atoms with Crippen LogP contribution in [0.5, 0.6) is 0 Å². The van der Waals surface area contributed by atoms with Crippen molar-refractivity contribution in [1.82, 2.24) is 14.4 Å². The van der Waals surface area contributed by atoms with Crippen LogP contribution in [0.3, 0.4) is 0 Å². The van der Waals surface area contributed by atoms with Gasteiger partial charge < -0.3 is 15.0 Å². The van der Waals surface area contributed by atoms with E-state index in [9.17, 15) is 18.0 Å². The number of nitrogens with one attached hydrogen (secondary N) is 2. The summed E-state index contributed by atoms with van der Waals surface area (Å²) in [5, 5.41) is 5.85. The predicted molar refractivity (Wildman–Crippen MR) is 119 cm³/mol. The second kappa shape index (κ2) is 7.91. The summed E-state index contributed by atoms with van der Waals surface area (Å²) in [5.41, 5.74) is 3.03. The molecular weight excluding hydrogens is 431 g/mol. The lowest BCUT2D eigenvalue weighted by Gasteiger charge is -2.19. The predicted octanol–water partition coefficient (Wildman–Crippen LogP) is 4.87. The first-order valence-corrected chi connectivity index (χ1v) is 10.4. The Labute approximate surface area is 187 Å². The molecule has 0 aliphatic carbocycles. The topological polar surface area (TPSA) is 71.3 Å². The third-order valence-electron chi connectivity index (χ3n) is 5.93. The number of alkyl halides is 3. The first-order chi connectivity index (χ1) is 15.8. The number of halogens is 3. The Morgan fingerprint density at radius 3 is 2.88 bits per heavy atom. The van der Waals surface area contributed by atoms with Gasteiger partial charge in [-0.1, -0.05) is 12.1 Å². The van der Waals surface area contributed by atoms with Gasteiger partial charge in [-0.25, -0.2) is 4.98 Å². The molecule has 9 heteroatoms. The number of anilines is 2. The van der Waals surface area contributed by atoms with Crippen molar-refractivity contribution < 1.29 is 18.0 Å². The minimum atomic E-state index is -4.58. The highest BCUT2D eigenvalue weighted by Gasteiger charge is 2.36. The molecule has 1 amide bonds. The van der Waals surface area contributed by atoms with Gasteiger partial charge in [-0.05, 0) is 48.2 Å². The van der Waals surface area contributed by atoms with Gasteiger partial charge in [0.1, 0.15) is 0 Å². The lowest BCUT2D eigenvalue weighted by atomic mass is 9.96. The average molecular weight is 451 g/mol. The Morgan fingerprint density at radius 2 is 2.06 bits per heavy atom. The molecule has 0 saturated heterocycles. The fraction of sp³-hybridized carbons (Fsp3) is 0.208. The van der Waals surface area contributed by atoms with E-state index in [2.05, 4.69) is 20.6 Å². The monoisotopic (exact) mass is 451 g/mol. The molecule has 1 aliphatic rings. The smallest absolute Gasteiger partial charge is 0.384 e. The molecule has 6 nitrogen and oxygen atoms in total. The van der Waals surface area contributed by atoms with Gasteiger partial charge in [-0.15, -0.1) is 0 Å². The summed E-state index contributed by atoms with van der Waals surface area (Å²) < 4.78 is 44.0. The third kappa shape index (κ3) is 3.90.